The molecule has 0 aliphatic rings. The lowest BCUT2D eigenvalue weighted by Crippen LogP contribution is -2.42. The molecule has 0 fully saturated rings. The number of amides is 1. The maximum Gasteiger partial charge on any atom is 0.258 e. The zero-order valence-corrected chi connectivity index (χ0v) is 15.5. The number of H-pyrrole nitrogens is 1. The van der Waals surface area contributed by atoms with Gasteiger partial charge in [0, 0.05) is 6.07 Å². The summed E-state index contributed by atoms with van der Waals surface area (Å²) in [6.45, 7) is 4.26. The highest BCUT2D eigenvalue weighted by molar-refractivity contribution is 5.94. The molecule has 6 nitrogen and oxygen atoms in total. The highest BCUT2D eigenvalue weighted by Crippen LogP contribution is 2.16. The fourth-order valence-corrected chi connectivity index (χ4v) is 2.92. The molecule has 28 heavy (non-hydrogen) atoms. The number of para-hydroxylation sites is 1. The van der Waals surface area contributed by atoms with E-state index in [1.54, 1.807) is 36.1 Å². The van der Waals surface area contributed by atoms with Crippen molar-refractivity contribution in [1.82, 2.24) is 14.9 Å². The van der Waals surface area contributed by atoms with Crippen molar-refractivity contribution >= 4 is 22.5 Å². The van der Waals surface area contributed by atoms with Crippen molar-refractivity contribution in [2.24, 2.45) is 0 Å². The summed E-state index contributed by atoms with van der Waals surface area (Å²) in [6, 6.07) is 9.32. The van der Waals surface area contributed by atoms with E-state index in [-0.39, 0.29) is 17.8 Å². The molecule has 0 saturated heterocycles. The van der Waals surface area contributed by atoms with Gasteiger partial charge in [0.25, 0.3) is 5.56 Å². The molecule has 0 bridgehead atoms. The smallest absolute Gasteiger partial charge is 0.258 e. The summed E-state index contributed by atoms with van der Waals surface area (Å²) in [5.41, 5.74) is 0.233. The molecule has 146 valence electrons. The number of halogens is 2. The summed E-state index contributed by atoms with van der Waals surface area (Å²) < 4.78 is 26.8. The molecule has 1 heterocycles. The Morgan fingerprint density at radius 3 is 2.71 bits per heavy atom. The summed E-state index contributed by atoms with van der Waals surface area (Å²) in [4.78, 5) is 33.7. The number of anilines is 1. The van der Waals surface area contributed by atoms with Crippen LogP contribution in [0.3, 0.4) is 0 Å². The van der Waals surface area contributed by atoms with Gasteiger partial charge in [0.15, 0.2) is 0 Å². The van der Waals surface area contributed by atoms with Crippen LogP contribution in [0.2, 0.25) is 0 Å². The van der Waals surface area contributed by atoms with Gasteiger partial charge in [-0.05, 0) is 37.7 Å². The Balaban J connectivity index is 1.77. The quantitative estimate of drug-likeness (QED) is 0.683. The zero-order chi connectivity index (χ0) is 20.3. The lowest BCUT2D eigenvalue weighted by atomic mass is 10.2. The second-order valence-corrected chi connectivity index (χ2v) is 6.38. The summed E-state index contributed by atoms with van der Waals surface area (Å²) in [7, 11) is 0. The first-order chi connectivity index (χ1) is 13.4. The van der Waals surface area contributed by atoms with Gasteiger partial charge in [-0.25, -0.2) is 13.8 Å². The highest BCUT2D eigenvalue weighted by Gasteiger charge is 2.22. The molecule has 3 rings (SSSR count). The van der Waals surface area contributed by atoms with Crippen molar-refractivity contribution < 1.29 is 13.6 Å². The Bertz CT molecular complexity index is 1070. The van der Waals surface area contributed by atoms with Crippen LogP contribution < -0.4 is 10.9 Å². The molecule has 1 aromatic heterocycles. The molecule has 1 atom stereocenters. The molecule has 2 aromatic carbocycles. The number of aromatic nitrogens is 2. The highest BCUT2D eigenvalue weighted by atomic mass is 19.1. The van der Waals surface area contributed by atoms with Crippen molar-refractivity contribution in [1.29, 1.82) is 0 Å². The predicted octanol–water partition coefficient (Wildman–Crippen LogP) is 3.05. The minimum Gasteiger partial charge on any atom is -0.322 e. The lowest BCUT2D eigenvalue weighted by molar-refractivity contribution is -0.120. The first kappa shape index (κ1) is 19.6. The number of carbonyl (C=O) groups is 1. The third-order valence-corrected chi connectivity index (χ3v) is 4.54. The van der Waals surface area contributed by atoms with E-state index in [4.69, 9.17) is 0 Å². The van der Waals surface area contributed by atoms with Crippen molar-refractivity contribution in [3.8, 4) is 0 Å². The monoisotopic (exact) mass is 386 g/mol. The van der Waals surface area contributed by atoms with Gasteiger partial charge in [-0.15, -0.1) is 0 Å². The second kappa shape index (κ2) is 8.26. The van der Waals surface area contributed by atoms with Gasteiger partial charge < -0.3 is 10.3 Å². The average molecular weight is 386 g/mol. The van der Waals surface area contributed by atoms with E-state index in [1.807, 2.05) is 6.92 Å². The van der Waals surface area contributed by atoms with Crippen molar-refractivity contribution in [2.45, 2.75) is 26.4 Å². The van der Waals surface area contributed by atoms with E-state index in [9.17, 15) is 18.4 Å². The third kappa shape index (κ3) is 4.23. The fourth-order valence-electron chi connectivity index (χ4n) is 2.92. The van der Waals surface area contributed by atoms with E-state index in [0.29, 0.717) is 29.3 Å². The van der Waals surface area contributed by atoms with Gasteiger partial charge >= 0.3 is 0 Å². The van der Waals surface area contributed by atoms with E-state index in [1.165, 1.54) is 6.07 Å². The molecule has 2 N–H and O–H groups in total. The molecule has 0 saturated carbocycles. The van der Waals surface area contributed by atoms with Crippen LogP contribution in [0.4, 0.5) is 14.5 Å². The standard InChI is InChI=1S/C20H20F2N4O2/c1-3-26(11-18-23-16-7-5-4-6-14(16)20(28)25-18)12(2)19(27)24-17-9-8-13(21)10-15(17)22/h4-10,12H,3,11H2,1-2H3,(H,24,27)(H,23,25,28). The van der Waals surface area contributed by atoms with Gasteiger partial charge in [-0.2, -0.15) is 0 Å². The maximum absolute atomic E-state index is 13.8. The van der Waals surface area contributed by atoms with Crippen molar-refractivity contribution in [3.05, 3.63) is 70.3 Å². The number of aromatic amines is 1. The molecular weight excluding hydrogens is 366 g/mol. The molecule has 0 radical (unpaired) electrons. The predicted molar refractivity (Wildman–Crippen MR) is 103 cm³/mol. The number of hydrogen-bond donors (Lipinski definition) is 2. The topological polar surface area (TPSA) is 78.1 Å². The molecule has 0 spiro atoms. The Morgan fingerprint density at radius 2 is 2.00 bits per heavy atom. The normalized spacial score (nSPS) is 12.3. The Hall–Kier alpha value is -3.13. The van der Waals surface area contributed by atoms with Crippen LogP contribution in [0.25, 0.3) is 10.9 Å². The third-order valence-electron chi connectivity index (χ3n) is 4.54. The number of rotatable bonds is 6. The minimum atomic E-state index is -0.843. The molecule has 1 unspecified atom stereocenters. The molecule has 3 aromatic rings. The second-order valence-electron chi connectivity index (χ2n) is 6.38. The van der Waals surface area contributed by atoms with Crippen molar-refractivity contribution in [2.75, 3.05) is 11.9 Å². The Morgan fingerprint density at radius 1 is 1.25 bits per heavy atom. The summed E-state index contributed by atoms with van der Waals surface area (Å²) in [5, 5.41) is 2.96. The van der Waals surface area contributed by atoms with E-state index in [2.05, 4.69) is 15.3 Å². The SMILES string of the molecule is CCN(Cc1nc2ccccc2c(=O)[nH]1)C(C)C(=O)Nc1ccc(F)cc1F. The van der Waals surface area contributed by atoms with E-state index < -0.39 is 23.6 Å². The zero-order valence-electron chi connectivity index (χ0n) is 15.5. The van der Waals surface area contributed by atoms with Crippen LogP contribution in [0.5, 0.6) is 0 Å². The van der Waals surface area contributed by atoms with Gasteiger partial charge in [-0.3, -0.25) is 14.5 Å². The number of carbonyl (C=O) groups excluding carboxylic acids is 1. The summed E-state index contributed by atoms with van der Waals surface area (Å²) >= 11 is 0. The molecule has 1 amide bonds. The summed E-state index contributed by atoms with van der Waals surface area (Å²) in [5.74, 6) is -1.58. The van der Waals surface area contributed by atoms with Crippen LogP contribution in [0, 0.1) is 11.6 Å². The largest absolute Gasteiger partial charge is 0.322 e. The maximum atomic E-state index is 13.8. The number of fused-ring (bicyclic) bond motifs is 1. The van der Waals surface area contributed by atoms with Gasteiger partial charge in [-0.1, -0.05) is 19.1 Å². The Labute approximate surface area is 160 Å². The van der Waals surface area contributed by atoms with Crippen LogP contribution in [0.15, 0.2) is 47.3 Å². The number of likely N-dealkylation sites (N-methyl/N-ethyl adjacent to an activating group) is 1. The Kier molecular flexibility index (Phi) is 5.79. The van der Waals surface area contributed by atoms with Gasteiger partial charge in [0.05, 0.1) is 29.2 Å². The van der Waals surface area contributed by atoms with Crippen LogP contribution >= 0.6 is 0 Å². The van der Waals surface area contributed by atoms with Crippen LogP contribution in [-0.2, 0) is 11.3 Å². The molecule has 0 aliphatic heterocycles. The number of nitrogens with zero attached hydrogens (tertiary/aromatic N) is 2. The average Bonchev–Trinajstić information content (AvgIpc) is 2.67. The number of hydrogen-bond acceptors (Lipinski definition) is 4. The molecule has 8 heteroatoms. The van der Waals surface area contributed by atoms with Gasteiger partial charge in [0.1, 0.15) is 17.5 Å². The first-order valence-corrected chi connectivity index (χ1v) is 8.87. The van der Waals surface area contributed by atoms with Crippen molar-refractivity contribution in [3.63, 3.8) is 0 Å². The van der Waals surface area contributed by atoms with Crippen LogP contribution in [-0.4, -0.2) is 33.4 Å². The molecule has 0 aliphatic carbocycles. The van der Waals surface area contributed by atoms with Gasteiger partial charge in [0.2, 0.25) is 5.91 Å². The lowest BCUT2D eigenvalue weighted by Gasteiger charge is -2.26. The van der Waals surface area contributed by atoms with E-state index >= 15 is 0 Å². The first-order valence-electron chi connectivity index (χ1n) is 8.87. The molecular formula is C20H20F2N4O2. The fraction of sp³-hybridized carbons (Fsp3) is 0.250. The minimum absolute atomic E-state index is 0.0912. The summed E-state index contributed by atoms with van der Waals surface area (Å²) in [6.07, 6.45) is 0. The number of benzene rings is 2. The number of nitrogens with one attached hydrogen (secondary N) is 2. The van der Waals surface area contributed by atoms with E-state index in [0.717, 1.165) is 6.07 Å². The van der Waals surface area contributed by atoms with Crippen LogP contribution in [0.1, 0.15) is 19.7 Å².